The van der Waals surface area contributed by atoms with E-state index in [1.165, 1.54) is 0 Å². The summed E-state index contributed by atoms with van der Waals surface area (Å²) in [4.78, 5) is 22.9. The number of aliphatic hydroxyl groups excluding tert-OH is 1. The summed E-state index contributed by atoms with van der Waals surface area (Å²) in [7, 11) is 1.27. The van der Waals surface area contributed by atoms with Crippen LogP contribution < -0.4 is 4.89 Å². The fraction of sp³-hybridized carbons (Fsp3) is 1.00. The molecule has 0 aliphatic heterocycles. The second-order valence-corrected chi connectivity index (χ2v) is 4.21. The minimum absolute atomic E-state index is 0. The quantitative estimate of drug-likeness (QED) is 0.276. The number of aliphatic hydroxyl groups is 1. The van der Waals surface area contributed by atoms with Crippen molar-refractivity contribution in [3.05, 3.63) is 0 Å². The van der Waals surface area contributed by atoms with Gasteiger partial charge in [0, 0.05) is 0 Å². The van der Waals surface area contributed by atoms with Gasteiger partial charge < -0.3 is 24.3 Å². The fourth-order valence-electron chi connectivity index (χ4n) is 0.300. The van der Waals surface area contributed by atoms with E-state index in [9.17, 15) is 0 Å². The van der Waals surface area contributed by atoms with Crippen molar-refractivity contribution in [1.82, 2.24) is 0 Å². The van der Waals surface area contributed by atoms with Crippen LogP contribution >= 0.6 is 7.82 Å². The second kappa shape index (κ2) is 8.59. The average molecular weight is 243 g/mol. The topological polar surface area (TPSA) is 101 Å². The molecule has 3 N–H and O–H groups in total. The standard InChI is InChI=1S/C5H14NO.Ca.H3O4P.2H/c1-6(2,3)4-5-7;;1-5(2,3)4;;/h7H,4-5H2,1-3H3;;(H3,1,2,3,4);;/q+1;;;;/p-1. The average Bonchev–Trinajstić information content (AvgIpc) is 1.54. The van der Waals surface area contributed by atoms with Crippen molar-refractivity contribution in [1.29, 1.82) is 0 Å². The van der Waals surface area contributed by atoms with Gasteiger partial charge in [0.2, 0.25) is 0 Å². The molecule has 8 heteroatoms. The van der Waals surface area contributed by atoms with Gasteiger partial charge in [-0.15, -0.1) is 0 Å². The second-order valence-electron chi connectivity index (χ2n) is 3.23. The maximum atomic E-state index is 8.77. The van der Waals surface area contributed by atoms with Crippen molar-refractivity contribution < 1.29 is 28.8 Å². The number of nitrogens with zero attached hydrogens (tertiary/aromatic N) is 1. The number of rotatable bonds is 2. The molecule has 0 fully saturated rings. The molecular weight excluding hydrogens is 225 g/mol. The van der Waals surface area contributed by atoms with Gasteiger partial charge in [0.25, 0.3) is 7.82 Å². The molecule has 0 aromatic carbocycles. The Morgan fingerprint density at radius 2 is 1.54 bits per heavy atom. The maximum absolute atomic E-state index is 8.77. The first-order valence-electron chi connectivity index (χ1n) is 3.24. The third-order valence-electron chi connectivity index (χ3n) is 0.771. The molecule has 0 aromatic heterocycles. The normalized spacial score (nSPS) is 11.0. The van der Waals surface area contributed by atoms with Gasteiger partial charge in [-0.1, -0.05) is 0 Å². The SMILES string of the molecule is C[N+](C)(C)CCO.O=P([O-])(O)O.[CaH2]. The summed E-state index contributed by atoms with van der Waals surface area (Å²) in [6, 6.07) is 0. The Morgan fingerprint density at radius 1 is 1.31 bits per heavy atom. The predicted octanol–water partition coefficient (Wildman–Crippen LogP) is -2.79. The van der Waals surface area contributed by atoms with Gasteiger partial charge in [-0.05, 0) is 0 Å². The zero-order chi connectivity index (χ0) is 10.4. The number of hydrogen-bond acceptors (Lipinski definition) is 3. The molecule has 0 atom stereocenters. The third kappa shape index (κ3) is 60.5. The van der Waals surface area contributed by atoms with Crippen LogP contribution in [0.4, 0.5) is 0 Å². The Morgan fingerprint density at radius 3 is 1.54 bits per heavy atom. The third-order valence-corrected chi connectivity index (χ3v) is 0.771. The summed E-state index contributed by atoms with van der Waals surface area (Å²) < 4.78 is 9.61. The van der Waals surface area contributed by atoms with Crippen molar-refractivity contribution in [2.45, 2.75) is 0 Å². The molecular formula is C5H18CaNO5P. The van der Waals surface area contributed by atoms with Gasteiger partial charge in [-0.2, -0.15) is 0 Å². The summed E-state index contributed by atoms with van der Waals surface area (Å²) in [5.41, 5.74) is 0. The molecule has 0 heterocycles. The van der Waals surface area contributed by atoms with Crippen LogP contribution in [0.2, 0.25) is 0 Å². The monoisotopic (exact) mass is 243 g/mol. The Hall–Kier alpha value is 1.29. The van der Waals surface area contributed by atoms with Crippen LogP contribution in [0.15, 0.2) is 0 Å². The molecule has 0 bridgehead atoms. The number of phosphoric acid groups is 1. The van der Waals surface area contributed by atoms with Crippen molar-refractivity contribution in [2.75, 3.05) is 34.3 Å². The van der Waals surface area contributed by atoms with Crippen molar-refractivity contribution in [2.24, 2.45) is 0 Å². The van der Waals surface area contributed by atoms with Crippen LogP contribution in [-0.2, 0) is 4.57 Å². The van der Waals surface area contributed by atoms with Crippen molar-refractivity contribution >= 4 is 45.6 Å². The zero-order valence-corrected chi connectivity index (χ0v) is 8.36. The molecule has 0 unspecified atom stereocenters. The molecule has 80 valence electrons. The molecule has 0 spiro atoms. The summed E-state index contributed by atoms with van der Waals surface area (Å²) in [6.07, 6.45) is 0. The van der Waals surface area contributed by atoms with Gasteiger partial charge in [0.05, 0.1) is 27.7 Å². The fourth-order valence-corrected chi connectivity index (χ4v) is 0.300. The van der Waals surface area contributed by atoms with Gasteiger partial charge >= 0.3 is 37.7 Å². The molecule has 0 saturated heterocycles. The van der Waals surface area contributed by atoms with E-state index in [4.69, 9.17) is 24.4 Å². The first kappa shape index (κ1) is 19.8. The van der Waals surface area contributed by atoms with Gasteiger partial charge in [-0.3, -0.25) is 4.57 Å². The van der Waals surface area contributed by atoms with Gasteiger partial charge in [0.15, 0.2) is 0 Å². The Kier molecular flexibility index (Phi) is 13.1. The summed E-state index contributed by atoms with van der Waals surface area (Å²) in [5, 5.41) is 8.39. The van der Waals surface area contributed by atoms with E-state index in [-0.39, 0.29) is 44.3 Å². The first-order valence-corrected chi connectivity index (χ1v) is 4.77. The number of hydrogen-bond donors (Lipinski definition) is 3. The van der Waals surface area contributed by atoms with Crippen molar-refractivity contribution in [3.8, 4) is 0 Å². The Bertz CT molecular complexity index is 145. The molecule has 0 aromatic rings. The van der Waals surface area contributed by atoms with Crippen LogP contribution in [0.1, 0.15) is 0 Å². The summed E-state index contributed by atoms with van der Waals surface area (Å²) in [5.74, 6) is 0. The van der Waals surface area contributed by atoms with E-state index < -0.39 is 7.82 Å². The summed E-state index contributed by atoms with van der Waals surface area (Å²) >= 11 is 0. The molecule has 6 nitrogen and oxygen atoms in total. The summed E-state index contributed by atoms with van der Waals surface area (Å²) in [6.45, 7) is 1.11. The molecule has 0 radical (unpaired) electrons. The van der Waals surface area contributed by atoms with Crippen LogP contribution in [0.3, 0.4) is 0 Å². The van der Waals surface area contributed by atoms with E-state index in [1.807, 2.05) is 0 Å². The van der Waals surface area contributed by atoms with Crippen LogP contribution in [-0.4, -0.2) is 91.4 Å². The molecule has 0 amide bonds. The Labute approximate surface area is 108 Å². The predicted molar refractivity (Wildman–Crippen MR) is 50.6 cm³/mol. The van der Waals surface area contributed by atoms with Crippen LogP contribution in [0.5, 0.6) is 0 Å². The molecule has 13 heavy (non-hydrogen) atoms. The molecule has 0 rings (SSSR count). The van der Waals surface area contributed by atoms with Crippen molar-refractivity contribution in [3.63, 3.8) is 0 Å². The van der Waals surface area contributed by atoms with E-state index in [2.05, 4.69) is 21.1 Å². The van der Waals surface area contributed by atoms with E-state index in [0.29, 0.717) is 0 Å². The number of quaternary nitrogens is 1. The molecule has 0 aliphatic carbocycles. The van der Waals surface area contributed by atoms with Gasteiger partial charge in [-0.25, -0.2) is 0 Å². The van der Waals surface area contributed by atoms with E-state index >= 15 is 0 Å². The minimum atomic E-state index is -4.89. The molecule has 0 aliphatic rings. The molecule has 0 saturated carbocycles. The van der Waals surface area contributed by atoms with Crippen LogP contribution in [0.25, 0.3) is 0 Å². The van der Waals surface area contributed by atoms with Gasteiger partial charge in [0.1, 0.15) is 6.54 Å². The van der Waals surface area contributed by atoms with E-state index in [0.717, 1.165) is 11.0 Å². The van der Waals surface area contributed by atoms with Crippen LogP contribution in [0, 0.1) is 0 Å². The zero-order valence-electron chi connectivity index (χ0n) is 7.47. The first-order chi connectivity index (χ1) is 5.06. The Balaban J connectivity index is -0.000000150. The van der Waals surface area contributed by atoms with E-state index in [1.54, 1.807) is 0 Å². The number of likely N-dealkylation sites (N-methyl/N-ethyl adjacent to an activating group) is 1.